The summed E-state index contributed by atoms with van der Waals surface area (Å²) in [6.45, 7) is 2.29. The molecule has 71 valence electrons. The first-order valence-corrected chi connectivity index (χ1v) is 5.75. The smallest absolute Gasteiger partial charge is 0.0386 e. The van der Waals surface area contributed by atoms with E-state index in [1.165, 1.54) is 57.8 Å². The second-order valence-electron chi connectivity index (χ2n) is 4.16. The molecular formula is C12H23. The van der Waals surface area contributed by atoms with Crippen LogP contribution in [-0.4, -0.2) is 0 Å². The van der Waals surface area contributed by atoms with E-state index < -0.39 is 0 Å². The molecule has 1 fully saturated rings. The molecule has 1 radical (unpaired) electrons. The van der Waals surface area contributed by atoms with Gasteiger partial charge in [0.2, 0.25) is 0 Å². The summed E-state index contributed by atoms with van der Waals surface area (Å²) >= 11 is 0. The number of hydrogen-bond donors (Lipinski definition) is 0. The van der Waals surface area contributed by atoms with Gasteiger partial charge in [-0.3, -0.25) is 0 Å². The van der Waals surface area contributed by atoms with Crippen LogP contribution in [0, 0.1) is 12.3 Å². The second-order valence-corrected chi connectivity index (χ2v) is 4.16. The molecule has 12 heavy (non-hydrogen) atoms. The van der Waals surface area contributed by atoms with E-state index in [-0.39, 0.29) is 0 Å². The lowest BCUT2D eigenvalue weighted by Gasteiger charge is -2.20. The normalized spacial score (nSPS) is 19.8. The van der Waals surface area contributed by atoms with Gasteiger partial charge in [-0.2, -0.15) is 0 Å². The van der Waals surface area contributed by atoms with Crippen LogP contribution < -0.4 is 0 Å². The largest absolute Gasteiger partial charge is 0.0654 e. The molecule has 1 aliphatic rings. The fraction of sp³-hybridized carbons (Fsp3) is 0.917. The average molecular weight is 167 g/mol. The molecule has 0 bridgehead atoms. The molecule has 0 spiro atoms. The van der Waals surface area contributed by atoms with Gasteiger partial charge in [-0.05, 0) is 25.2 Å². The summed E-state index contributed by atoms with van der Waals surface area (Å²) in [5, 5.41) is 0. The molecule has 0 heterocycles. The Labute approximate surface area is 77.7 Å². The maximum absolute atomic E-state index is 2.46. The van der Waals surface area contributed by atoms with Crippen molar-refractivity contribution in [2.45, 2.75) is 64.7 Å². The Hall–Kier alpha value is 0. The van der Waals surface area contributed by atoms with E-state index in [2.05, 4.69) is 13.3 Å². The molecule has 0 aromatic heterocycles. The van der Waals surface area contributed by atoms with Crippen molar-refractivity contribution in [3.05, 3.63) is 6.42 Å². The Morgan fingerprint density at radius 2 is 1.83 bits per heavy atom. The number of hydrogen-bond acceptors (Lipinski definition) is 0. The molecule has 0 heteroatoms. The zero-order valence-electron chi connectivity index (χ0n) is 8.52. The van der Waals surface area contributed by atoms with Gasteiger partial charge >= 0.3 is 0 Å². The van der Waals surface area contributed by atoms with Crippen molar-refractivity contribution < 1.29 is 0 Å². The summed E-state index contributed by atoms with van der Waals surface area (Å²) in [6.07, 6.45) is 15.5. The predicted molar refractivity (Wildman–Crippen MR) is 55.0 cm³/mol. The van der Waals surface area contributed by atoms with Gasteiger partial charge < -0.3 is 0 Å². The van der Waals surface area contributed by atoms with E-state index >= 15 is 0 Å². The molecule has 0 aromatic carbocycles. The molecule has 0 atom stereocenters. The minimum atomic E-state index is 1.08. The molecule has 1 saturated carbocycles. The van der Waals surface area contributed by atoms with Crippen LogP contribution in [0.5, 0.6) is 0 Å². The highest BCUT2D eigenvalue weighted by molar-refractivity contribution is 4.76. The Morgan fingerprint density at radius 1 is 1.08 bits per heavy atom. The van der Waals surface area contributed by atoms with Gasteiger partial charge in [0.25, 0.3) is 0 Å². The number of rotatable bonds is 5. The topological polar surface area (TPSA) is 0 Å². The summed E-state index contributed by atoms with van der Waals surface area (Å²) in [5.41, 5.74) is 0. The van der Waals surface area contributed by atoms with Gasteiger partial charge in [-0.25, -0.2) is 0 Å². The molecule has 0 amide bonds. The van der Waals surface area contributed by atoms with E-state index in [9.17, 15) is 0 Å². The van der Waals surface area contributed by atoms with Gasteiger partial charge in [0.1, 0.15) is 0 Å². The molecule has 1 rings (SSSR count). The average Bonchev–Trinajstić information content (AvgIpc) is 2.14. The third kappa shape index (κ3) is 4.13. The predicted octanol–water partition coefficient (Wildman–Crippen LogP) is 4.35. The summed E-state index contributed by atoms with van der Waals surface area (Å²) in [6, 6.07) is 0. The van der Waals surface area contributed by atoms with Crippen LogP contribution in [0.3, 0.4) is 0 Å². The van der Waals surface area contributed by atoms with Crippen LogP contribution in [0.1, 0.15) is 64.7 Å². The first-order valence-electron chi connectivity index (χ1n) is 5.75. The van der Waals surface area contributed by atoms with Crippen LogP contribution in [0.4, 0.5) is 0 Å². The fourth-order valence-electron chi connectivity index (χ4n) is 2.14. The van der Waals surface area contributed by atoms with Gasteiger partial charge in [0.15, 0.2) is 0 Å². The quantitative estimate of drug-likeness (QED) is 0.534. The maximum atomic E-state index is 2.46. The van der Waals surface area contributed by atoms with Gasteiger partial charge in [0.05, 0.1) is 0 Å². The monoisotopic (exact) mass is 167 g/mol. The minimum Gasteiger partial charge on any atom is -0.0654 e. The van der Waals surface area contributed by atoms with Crippen LogP contribution in [0.25, 0.3) is 0 Å². The van der Waals surface area contributed by atoms with Crippen molar-refractivity contribution in [1.82, 2.24) is 0 Å². The van der Waals surface area contributed by atoms with Crippen molar-refractivity contribution in [3.63, 3.8) is 0 Å². The van der Waals surface area contributed by atoms with Gasteiger partial charge in [-0.15, -0.1) is 0 Å². The van der Waals surface area contributed by atoms with E-state index in [0.29, 0.717) is 0 Å². The van der Waals surface area contributed by atoms with E-state index in [0.717, 1.165) is 5.92 Å². The Kier molecular flexibility index (Phi) is 5.47. The van der Waals surface area contributed by atoms with Crippen molar-refractivity contribution in [1.29, 1.82) is 0 Å². The Balaban J connectivity index is 1.91. The second kappa shape index (κ2) is 6.51. The van der Waals surface area contributed by atoms with Gasteiger partial charge in [-0.1, -0.05) is 51.9 Å². The lowest BCUT2D eigenvalue weighted by molar-refractivity contribution is 0.365. The Morgan fingerprint density at radius 3 is 2.50 bits per heavy atom. The van der Waals surface area contributed by atoms with Crippen LogP contribution in [0.15, 0.2) is 0 Å². The third-order valence-corrected chi connectivity index (χ3v) is 3.02. The van der Waals surface area contributed by atoms with E-state index in [4.69, 9.17) is 0 Å². The maximum Gasteiger partial charge on any atom is -0.0386 e. The highest BCUT2D eigenvalue weighted by Gasteiger charge is 2.12. The highest BCUT2D eigenvalue weighted by Crippen LogP contribution is 2.27. The summed E-state index contributed by atoms with van der Waals surface area (Å²) in [4.78, 5) is 0. The lowest BCUT2D eigenvalue weighted by Crippen LogP contribution is -2.06. The van der Waals surface area contributed by atoms with Crippen LogP contribution in [-0.2, 0) is 0 Å². The zero-order valence-corrected chi connectivity index (χ0v) is 8.52. The lowest BCUT2D eigenvalue weighted by atomic mass is 9.85. The molecule has 0 aliphatic heterocycles. The van der Waals surface area contributed by atoms with Gasteiger partial charge in [0, 0.05) is 0 Å². The Bertz CT molecular complexity index is 90.2. The number of unbranched alkanes of at least 4 members (excludes halogenated alkanes) is 3. The van der Waals surface area contributed by atoms with Crippen LogP contribution >= 0.6 is 0 Å². The molecule has 0 unspecified atom stereocenters. The summed E-state index contributed by atoms with van der Waals surface area (Å²) in [5.74, 6) is 1.08. The third-order valence-electron chi connectivity index (χ3n) is 3.02. The molecule has 1 aliphatic carbocycles. The molecule has 0 nitrogen and oxygen atoms in total. The molecule has 0 saturated heterocycles. The van der Waals surface area contributed by atoms with Crippen molar-refractivity contribution >= 4 is 0 Å². The summed E-state index contributed by atoms with van der Waals surface area (Å²) < 4.78 is 0. The molecule has 0 aromatic rings. The molecular weight excluding hydrogens is 144 g/mol. The van der Waals surface area contributed by atoms with Crippen molar-refractivity contribution in [3.8, 4) is 0 Å². The minimum absolute atomic E-state index is 1.08. The molecule has 0 N–H and O–H groups in total. The first-order chi connectivity index (χ1) is 5.93. The standard InChI is InChI=1S/C12H23/c1-2-3-4-6-9-12-10-7-5-8-11-12/h5,12H,2-4,6-11H2,1H3. The van der Waals surface area contributed by atoms with Crippen LogP contribution in [0.2, 0.25) is 0 Å². The first kappa shape index (κ1) is 10.1. The SMILES string of the molecule is CCCCCCC1CC[CH]CC1. The van der Waals surface area contributed by atoms with E-state index in [1.807, 2.05) is 0 Å². The fourth-order valence-corrected chi connectivity index (χ4v) is 2.14. The van der Waals surface area contributed by atoms with E-state index in [1.54, 1.807) is 0 Å². The zero-order chi connectivity index (χ0) is 8.65. The van der Waals surface area contributed by atoms with Crippen molar-refractivity contribution in [2.75, 3.05) is 0 Å². The highest BCUT2D eigenvalue weighted by atomic mass is 14.2. The summed E-state index contributed by atoms with van der Waals surface area (Å²) in [7, 11) is 0. The van der Waals surface area contributed by atoms with Crippen molar-refractivity contribution in [2.24, 2.45) is 5.92 Å².